The Morgan fingerprint density at radius 2 is 2.14 bits per heavy atom. The highest BCUT2D eigenvalue weighted by Crippen LogP contribution is 2.28. The smallest absolute Gasteiger partial charge is 0.265 e. The van der Waals surface area contributed by atoms with Crippen LogP contribution in [0.2, 0.25) is 0 Å². The molecule has 1 aliphatic heterocycles. The van der Waals surface area contributed by atoms with E-state index < -0.39 is 15.7 Å². The van der Waals surface area contributed by atoms with E-state index in [1.807, 2.05) is 4.90 Å². The number of carbonyl (C=O) groups is 1. The number of nitrogens with two attached hydrogens (primary N) is 1. The van der Waals surface area contributed by atoms with Crippen molar-refractivity contribution in [2.75, 3.05) is 55.5 Å². The number of ether oxygens (including phenoxy) is 1. The van der Waals surface area contributed by atoms with Gasteiger partial charge in [-0.3, -0.25) is 4.79 Å². The van der Waals surface area contributed by atoms with Gasteiger partial charge in [-0.15, -0.1) is 0 Å². The molecule has 1 aliphatic rings. The first-order valence-corrected chi connectivity index (χ1v) is 9.29. The van der Waals surface area contributed by atoms with Gasteiger partial charge in [0, 0.05) is 25.9 Å². The van der Waals surface area contributed by atoms with Crippen LogP contribution in [0.25, 0.3) is 0 Å². The molecular weight excluding hydrogens is 316 g/mol. The van der Waals surface area contributed by atoms with Gasteiger partial charge in [-0.05, 0) is 0 Å². The summed E-state index contributed by atoms with van der Waals surface area (Å²) in [6.07, 6.45) is 1.12. The molecule has 0 radical (unpaired) electrons. The maximum atomic E-state index is 12.0. The number of amides is 1. The third-order valence-electron chi connectivity index (χ3n) is 2.89. The van der Waals surface area contributed by atoms with Gasteiger partial charge in [0.25, 0.3) is 5.91 Å². The third kappa shape index (κ3) is 4.55. The van der Waals surface area contributed by atoms with Crippen LogP contribution in [0.5, 0.6) is 0 Å². The van der Waals surface area contributed by atoms with Crippen LogP contribution in [0, 0.1) is 0 Å². The molecule has 0 aliphatic carbocycles. The van der Waals surface area contributed by atoms with Crippen LogP contribution in [0.15, 0.2) is 0 Å². The number of aromatic nitrogens is 1. The fourth-order valence-corrected chi connectivity index (χ4v) is 3.23. The molecule has 0 aromatic carbocycles. The topological polar surface area (TPSA) is 115 Å². The van der Waals surface area contributed by atoms with Crippen molar-refractivity contribution in [2.24, 2.45) is 0 Å². The van der Waals surface area contributed by atoms with Crippen LogP contribution in [-0.2, 0) is 14.6 Å². The molecular formula is C11H18N4O4S2. The van der Waals surface area contributed by atoms with E-state index in [4.69, 9.17) is 10.5 Å². The number of nitrogens with zero attached hydrogens (tertiary/aromatic N) is 2. The second-order valence-electron chi connectivity index (χ2n) is 4.70. The molecule has 1 aromatic rings. The number of nitrogen functional groups attached to an aromatic ring is 1. The van der Waals surface area contributed by atoms with E-state index in [-0.39, 0.29) is 18.1 Å². The highest BCUT2D eigenvalue weighted by molar-refractivity contribution is 7.90. The van der Waals surface area contributed by atoms with Crippen molar-refractivity contribution in [3.8, 4) is 0 Å². The van der Waals surface area contributed by atoms with Gasteiger partial charge in [-0.1, -0.05) is 11.3 Å². The molecule has 0 unspecified atom stereocenters. The van der Waals surface area contributed by atoms with Crippen molar-refractivity contribution in [1.82, 2.24) is 10.3 Å². The predicted molar refractivity (Wildman–Crippen MR) is 81.6 cm³/mol. The molecule has 0 bridgehead atoms. The van der Waals surface area contributed by atoms with E-state index in [1.165, 1.54) is 11.3 Å². The van der Waals surface area contributed by atoms with Gasteiger partial charge in [0.1, 0.15) is 20.5 Å². The van der Waals surface area contributed by atoms with Gasteiger partial charge in [-0.2, -0.15) is 0 Å². The number of thiazole rings is 1. The highest BCUT2D eigenvalue weighted by atomic mass is 32.2. The van der Waals surface area contributed by atoms with Gasteiger partial charge in [-0.25, -0.2) is 13.4 Å². The van der Waals surface area contributed by atoms with Gasteiger partial charge in [0.05, 0.1) is 19.0 Å². The van der Waals surface area contributed by atoms with E-state index >= 15 is 0 Å². The Hall–Kier alpha value is -1.39. The van der Waals surface area contributed by atoms with Crippen molar-refractivity contribution in [3.05, 3.63) is 4.88 Å². The van der Waals surface area contributed by atoms with Gasteiger partial charge in [0.2, 0.25) is 0 Å². The maximum absolute atomic E-state index is 12.0. The monoisotopic (exact) mass is 334 g/mol. The summed E-state index contributed by atoms with van der Waals surface area (Å²) in [4.78, 5) is 18.5. The lowest BCUT2D eigenvalue weighted by Gasteiger charge is -2.25. The van der Waals surface area contributed by atoms with E-state index in [9.17, 15) is 13.2 Å². The molecule has 0 atom stereocenters. The molecule has 0 saturated carbocycles. The van der Waals surface area contributed by atoms with Crippen LogP contribution >= 0.6 is 11.3 Å². The van der Waals surface area contributed by atoms with Gasteiger partial charge >= 0.3 is 0 Å². The molecule has 8 nitrogen and oxygen atoms in total. The first-order valence-electron chi connectivity index (χ1n) is 6.42. The number of hydrogen-bond donors (Lipinski definition) is 2. The van der Waals surface area contributed by atoms with Gasteiger partial charge < -0.3 is 20.7 Å². The maximum Gasteiger partial charge on any atom is 0.265 e. The molecule has 1 saturated heterocycles. The fraction of sp³-hybridized carbons (Fsp3) is 0.636. The first kappa shape index (κ1) is 16.0. The number of nitrogens with one attached hydrogen (secondary N) is 1. The first-order chi connectivity index (χ1) is 9.87. The Labute approximate surface area is 127 Å². The third-order valence-corrected chi connectivity index (χ3v) is 4.96. The fourth-order valence-electron chi connectivity index (χ4n) is 1.80. The van der Waals surface area contributed by atoms with Crippen molar-refractivity contribution in [1.29, 1.82) is 0 Å². The quantitative estimate of drug-likeness (QED) is 0.734. The molecule has 3 N–H and O–H groups in total. The summed E-state index contributed by atoms with van der Waals surface area (Å²) in [5.74, 6) is -0.333. The van der Waals surface area contributed by atoms with E-state index in [2.05, 4.69) is 10.3 Å². The summed E-state index contributed by atoms with van der Waals surface area (Å²) >= 11 is 1.20. The number of morpholine rings is 1. The summed E-state index contributed by atoms with van der Waals surface area (Å²) in [5, 5.41) is 3.23. The lowest BCUT2D eigenvalue weighted by molar-refractivity contribution is 0.0961. The number of sulfone groups is 1. The minimum absolute atomic E-state index is 0.0574. The van der Waals surface area contributed by atoms with Crippen LogP contribution < -0.4 is 16.0 Å². The predicted octanol–water partition coefficient (Wildman–Crippen LogP) is -0.664. The molecule has 2 rings (SSSR count). The minimum Gasteiger partial charge on any atom is -0.382 e. The second kappa shape index (κ2) is 6.58. The van der Waals surface area contributed by atoms with Crippen molar-refractivity contribution in [3.63, 3.8) is 0 Å². The lowest BCUT2D eigenvalue weighted by Crippen LogP contribution is -2.36. The Balaban J connectivity index is 1.99. The summed E-state index contributed by atoms with van der Waals surface area (Å²) in [7, 11) is -3.10. The van der Waals surface area contributed by atoms with E-state index in [0.29, 0.717) is 36.3 Å². The molecule has 0 spiro atoms. The standard InChI is InChI=1S/C11H18N4O4S2/c1-21(17,18)7-2-13-10(16)8-9(12)14-11(20-8)15-3-5-19-6-4-15/h2-7,12H2,1H3,(H,13,16). The molecule has 1 aromatic heterocycles. The highest BCUT2D eigenvalue weighted by Gasteiger charge is 2.21. The average molecular weight is 334 g/mol. The molecule has 21 heavy (non-hydrogen) atoms. The van der Waals surface area contributed by atoms with Crippen LogP contribution in [0.3, 0.4) is 0 Å². The Morgan fingerprint density at radius 3 is 2.76 bits per heavy atom. The largest absolute Gasteiger partial charge is 0.382 e. The van der Waals surface area contributed by atoms with Gasteiger partial charge in [0.15, 0.2) is 5.13 Å². The second-order valence-corrected chi connectivity index (χ2v) is 7.93. The average Bonchev–Trinajstić information content (AvgIpc) is 2.80. The zero-order chi connectivity index (χ0) is 15.5. The molecule has 118 valence electrons. The van der Waals surface area contributed by atoms with Crippen LogP contribution in [0.1, 0.15) is 9.67 Å². The summed E-state index contributed by atoms with van der Waals surface area (Å²) in [6, 6.07) is 0. The van der Waals surface area contributed by atoms with E-state index in [0.717, 1.165) is 6.26 Å². The number of anilines is 2. The Morgan fingerprint density at radius 1 is 1.48 bits per heavy atom. The van der Waals surface area contributed by atoms with Crippen LogP contribution in [-0.4, -0.2) is 64.2 Å². The SMILES string of the molecule is CS(=O)(=O)CCNC(=O)c1sc(N2CCOCC2)nc1N. The van der Waals surface area contributed by atoms with Crippen molar-refractivity contribution in [2.45, 2.75) is 0 Å². The molecule has 2 heterocycles. The number of rotatable bonds is 5. The minimum atomic E-state index is -3.10. The zero-order valence-electron chi connectivity index (χ0n) is 11.7. The Kier molecular flexibility index (Phi) is 5.01. The summed E-state index contributed by atoms with van der Waals surface area (Å²) in [6.45, 7) is 2.72. The van der Waals surface area contributed by atoms with E-state index in [1.54, 1.807) is 0 Å². The molecule has 1 fully saturated rings. The van der Waals surface area contributed by atoms with Crippen molar-refractivity contribution < 1.29 is 17.9 Å². The normalized spacial score (nSPS) is 16.0. The van der Waals surface area contributed by atoms with Crippen LogP contribution in [0.4, 0.5) is 10.9 Å². The number of hydrogen-bond acceptors (Lipinski definition) is 8. The van der Waals surface area contributed by atoms with Crippen molar-refractivity contribution >= 4 is 38.0 Å². The number of carbonyl (C=O) groups excluding carboxylic acids is 1. The summed E-state index contributed by atoms with van der Waals surface area (Å²) in [5.41, 5.74) is 5.77. The summed E-state index contributed by atoms with van der Waals surface area (Å²) < 4.78 is 27.3. The lowest BCUT2D eigenvalue weighted by atomic mass is 10.4. The Bertz CT molecular complexity index is 608. The zero-order valence-corrected chi connectivity index (χ0v) is 13.3. The molecule has 1 amide bonds. The molecule has 10 heteroatoms.